The maximum absolute atomic E-state index is 11.9. The number of pyridine rings is 1. The molecular weight excluding hydrogens is 210 g/mol. The molecule has 0 aliphatic heterocycles. The predicted octanol–water partition coefficient (Wildman–Crippen LogP) is 2.10. The molecule has 0 aromatic carbocycles. The summed E-state index contributed by atoms with van der Waals surface area (Å²) in [6.45, 7) is 6.98. The van der Waals surface area contributed by atoms with Gasteiger partial charge in [0.15, 0.2) is 9.84 Å². The largest absolute Gasteiger partial charge is 0.261 e. The van der Waals surface area contributed by atoms with Gasteiger partial charge in [0.05, 0.1) is 10.5 Å². The van der Waals surface area contributed by atoms with Crippen molar-refractivity contribution in [1.82, 2.24) is 4.98 Å². The molecule has 0 saturated carbocycles. The van der Waals surface area contributed by atoms with Gasteiger partial charge in [-0.05, 0) is 39.3 Å². The van der Waals surface area contributed by atoms with E-state index in [2.05, 4.69) is 4.98 Å². The average Bonchev–Trinajstić information content (AvgIpc) is 2.06. The van der Waals surface area contributed by atoms with Gasteiger partial charge in [0.1, 0.15) is 0 Å². The van der Waals surface area contributed by atoms with Gasteiger partial charge in [-0.3, -0.25) is 4.98 Å². The molecular formula is C11H17NO2S. The summed E-state index contributed by atoms with van der Waals surface area (Å²) in [6, 6.07) is 3.58. The van der Waals surface area contributed by atoms with Gasteiger partial charge in [0, 0.05) is 11.9 Å². The molecule has 0 spiro atoms. The van der Waals surface area contributed by atoms with Gasteiger partial charge < -0.3 is 0 Å². The number of aryl methyl sites for hydroxylation is 1. The summed E-state index contributed by atoms with van der Waals surface area (Å²) in [4.78, 5) is 4.08. The van der Waals surface area contributed by atoms with Gasteiger partial charge in [-0.15, -0.1) is 0 Å². The van der Waals surface area contributed by atoms with E-state index in [0.717, 1.165) is 11.3 Å². The molecule has 4 heteroatoms. The summed E-state index contributed by atoms with van der Waals surface area (Å²) in [7, 11) is -3.11. The molecule has 0 bridgehead atoms. The van der Waals surface area contributed by atoms with E-state index in [4.69, 9.17) is 0 Å². The van der Waals surface area contributed by atoms with E-state index < -0.39 is 14.6 Å². The van der Waals surface area contributed by atoms with Gasteiger partial charge in [-0.25, -0.2) is 8.42 Å². The van der Waals surface area contributed by atoms with E-state index >= 15 is 0 Å². The maximum atomic E-state index is 11.9. The van der Waals surface area contributed by atoms with Crippen LogP contribution in [0, 0.1) is 6.92 Å². The van der Waals surface area contributed by atoms with Crippen LogP contribution in [0.1, 0.15) is 32.0 Å². The number of nitrogens with zero attached hydrogens (tertiary/aromatic N) is 1. The number of sulfone groups is 1. The molecule has 0 radical (unpaired) electrons. The highest BCUT2D eigenvalue weighted by molar-refractivity contribution is 7.91. The summed E-state index contributed by atoms with van der Waals surface area (Å²) in [5.41, 5.74) is 1.57. The molecule has 0 fully saturated rings. The molecule has 1 rings (SSSR count). The summed E-state index contributed by atoms with van der Waals surface area (Å²) >= 11 is 0. The Morgan fingerprint density at radius 3 is 2.40 bits per heavy atom. The minimum absolute atomic E-state index is 0.0656. The van der Waals surface area contributed by atoms with Crippen molar-refractivity contribution in [2.75, 3.05) is 0 Å². The number of rotatable bonds is 2. The predicted molar refractivity (Wildman–Crippen MR) is 61.4 cm³/mol. The second kappa shape index (κ2) is 3.93. The van der Waals surface area contributed by atoms with Gasteiger partial charge in [0.25, 0.3) is 0 Å². The van der Waals surface area contributed by atoms with Crippen LogP contribution in [0.15, 0.2) is 18.3 Å². The van der Waals surface area contributed by atoms with Crippen LogP contribution >= 0.6 is 0 Å². The lowest BCUT2D eigenvalue weighted by Crippen LogP contribution is -2.29. The highest BCUT2D eigenvalue weighted by Crippen LogP contribution is 2.21. The fourth-order valence-corrected chi connectivity index (χ4v) is 2.24. The molecule has 0 aliphatic rings. The van der Waals surface area contributed by atoms with Crippen molar-refractivity contribution < 1.29 is 8.42 Å². The fraction of sp³-hybridized carbons (Fsp3) is 0.545. The molecule has 1 heterocycles. The summed E-state index contributed by atoms with van der Waals surface area (Å²) in [5, 5.41) is 0. The van der Waals surface area contributed by atoms with E-state index in [0.29, 0.717) is 0 Å². The Bertz CT molecular complexity index is 444. The maximum Gasteiger partial charge on any atom is 0.159 e. The normalized spacial score (nSPS) is 12.8. The van der Waals surface area contributed by atoms with Crippen LogP contribution in [0.2, 0.25) is 0 Å². The molecule has 1 aromatic heterocycles. The van der Waals surface area contributed by atoms with Crippen molar-refractivity contribution in [3.8, 4) is 0 Å². The lowest BCUT2D eigenvalue weighted by molar-refractivity contribution is 0.559. The van der Waals surface area contributed by atoms with E-state index in [1.54, 1.807) is 33.0 Å². The summed E-state index contributed by atoms with van der Waals surface area (Å²) in [5.74, 6) is 0.0656. The first-order chi connectivity index (χ1) is 6.74. The van der Waals surface area contributed by atoms with Gasteiger partial charge >= 0.3 is 0 Å². The lowest BCUT2D eigenvalue weighted by Gasteiger charge is -2.19. The zero-order valence-electron chi connectivity index (χ0n) is 9.61. The summed E-state index contributed by atoms with van der Waals surface area (Å²) < 4.78 is 23.2. The van der Waals surface area contributed by atoms with Crippen LogP contribution in [0.3, 0.4) is 0 Å². The molecule has 0 amide bonds. The molecule has 84 valence electrons. The van der Waals surface area contributed by atoms with Gasteiger partial charge in [-0.2, -0.15) is 0 Å². The van der Waals surface area contributed by atoms with Crippen LogP contribution in [0.5, 0.6) is 0 Å². The second-order valence-electron chi connectivity index (χ2n) is 4.62. The van der Waals surface area contributed by atoms with Crippen molar-refractivity contribution in [2.24, 2.45) is 0 Å². The SMILES string of the molecule is Cc1ncccc1CS(=O)(=O)C(C)(C)C. The van der Waals surface area contributed by atoms with Crippen molar-refractivity contribution in [3.63, 3.8) is 0 Å². The number of hydrogen-bond acceptors (Lipinski definition) is 3. The third-order valence-corrected chi connectivity index (χ3v) is 4.95. The Morgan fingerprint density at radius 1 is 1.33 bits per heavy atom. The minimum Gasteiger partial charge on any atom is -0.261 e. The molecule has 3 nitrogen and oxygen atoms in total. The molecule has 0 N–H and O–H groups in total. The monoisotopic (exact) mass is 227 g/mol. The zero-order valence-corrected chi connectivity index (χ0v) is 10.4. The van der Waals surface area contributed by atoms with E-state index in [-0.39, 0.29) is 5.75 Å². The van der Waals surface area contributed by atoms with Gasteiger partial charge in [-0.1, -0.05) is 6.07 Å². The van der Waals surface area contributed by atoms with Crippen molar-refractivity contribution >= 4 is 9.84 Å². The van der Waals surface area contributed by atoms with Crippen molar-refractivity contribution in [1.29, 1.82) is 0 Å². The zero-order chi connectivity index (χ0) is 11.7. The van der Waals surface area contributed by atoms with Crippen LogP contribution in [0.4, 0.5) is 0 Å². The number of aromatic nitrogens is 1. The first-order valence-electron chi connectivity index (χ1n) is 4.87. The third-order valence-electron chi connectivity index (χ3n) is 2.39. The van der Waals surface area contributed by atoms with Crippen LogP contribution in [-0.4, -0.2) is 18.1 Å². The molecule has 15 heavy (non-hydrogen) atoms. The Balaban J connectivity index is 3.03. The Morgan fingerprint density at radius 2 is 1.93 bits per heavy atom. The summed E-state index contributed by atoms with van der Waals surface area (Å²) in [6.07, 6.45) is 1.67. The highest BCUT2D eigenvalue weighted by atomic mass is 32.2. The van der Waals surface area contributed by atoms with Crippen molar-refractivity contribution in [2.45, 2.75) is 38.2 Å². The first kappa shape index (κ1) is 12.2. The quantitative estimate of drug-likeness (QED) is 0.777. The Hall–Kier alpha value is -0.900. The van der Waals surface area contributed by atoms with E-state index in [9.17, 15) is 8.42 Å². The molecule has 0 aliphatic carbocycles. The van der Waals surface area contributed by atoms with Gasteiger partial charge in [0.2, 0.25) is 0 Å². The molecule has 0 unspecified atom stereocenters. The number of hydrogen-bond donors (Lipinski definition) is 0. The minimum atomic E-state index is -3.11. The van der Waals surface area contributed by atoms with Crippen LogP contribution < -0.4 is 0 Å². The van der Waals surface area contributed by atoms with Crippen molar-refractivity contribution in [3.05, 3.63) is 29.6 Å². The van der Waals surface area contributed by atoms with Crippen LogP contribution in [-0.2, 0) is 15.6 Å². The fourth-order valence-electron chi connectivity index (χ4n) is 1.09. The molecule has 1 aromatic rings. The first-order valence-corrected chi connectivity index (χ1v) is 6.52. The second-order valence-corrected chi connectivity index (χ2v) is 7.36. The molecule has 0 atom stereocenters. The van der Waals surface area contributed by atoms with Crippen LogP contribution in [0.25, 0.3) is 0 Å². The highest BCUT2D eigenvalue weighted by Gasteiger charge is 2.29. The average molecular weight is 227 g/mol. The lowest BCUT2D eigenvalue weighted by atomic mass is 10.2. The van der Waals surface area contributed by atoms with E-state index in [1.165, 1.54) is 0 Å². The Labute approximate surface area is 91.5 Å². The third kappa shape index (κ3) is 2.78. The molecule has 0 saturated heterocycles. The Kier molecular flexibility index (Phi) is 3.19. The van der Waals surface area contributed by atoms with E-state index in [1.807, 2.05) is 13.0 Å². The standard InChI is InChI=1S/C11H17NO2S/c1-9-10(6-5-7-12-9)8-15(13,14)11(2,3)4/h5-7H,8H2,1-4H3. The smallest absolute Gasteiger partial charge is 0.159 e. The topological polar surface area (TPSA) is 47.0 Å².